The number of nitrogens with zero attached hydrogens (tertiary/aromatic N) is 2. The molecule has 1 aromatic rings. The Hall–Kier alpha value is -2.94. The van der Waals surface area contributed by atoms with Crippen LogP contribution in [-0.4, -0.2) is 77.5 Å². The molecule has 0 aromatic heterocycles. The number of benzene rings is 1. The summed E-state index contributed by atoms with van der Waals surface area (Å²) >= 11 is 0. The molecular weight excluding hydrogens is 438 g/mol. The van der Waals surface area contributed by atoms with Crippen molar-refractivity contribution in [3.05, 3.63) is 29.8 Å². The predicted octanol–water partition coefficient (Wildman–Crippen LogP) is 1.45. The van der Waals surface area contributed by atoms with E-state index in [0.29, 0.717) is 24.2 Å². The Bertz CT molecular complexity index is 1070. The molecule has 1 aromatic carbocycles. The molecule has 0 aliphatic carbocycles. The minimum atomic E-state index is -1.46. The van der Waals surface area contributed by atoms with Crippen molar-refractivity contribution in [1.29, 1.82) is 0 Å². The van der Waals surface area contributed by atoms with Crippen molar-refractivity contribution in [2.75, 3.05) is 25.6 Å². The summed E-state index contributed by atoms with van der Waals surface area (Å²) in [5.41, 5.74) is -0.985. The van der Waals surface area contributed by atoms with Gasteiger partial charge < -0.3 is 24.6 Å². The number of para-hydroxylation sites is 1. The number of hydrogen-bond acceptors (Lipinski definition) is 6. The third-order valence-electron chi connectivity index (χ3n) is 8.07. The molecule has 34 heavy (non-hydrogen) atoms. The van der Waals surface area contributed by atoms with Gasteiger partial charge in [-0.05, 0) is 51.7 Å². The van der Waals surface area contributed by atoms with Crippen molar-refractivity contribution in [3.63, 3.8) is 0 Å². The fourth-order valence-electron chi connectivity index (χ4n) is 6.51. The number of methoxy groups -OCH3 is 1. The number of piperazine rings is 1. The lowest BCUT2D eigenvalue weighted by atomic mass is 9.65. The fourth-order valence-corrected chi connectivity index (χ4v) is 6.51. The number of esters is 1. The van der Waals surface area contributed by atoms with E-state index >= 15 is 0 Å². The Morgan fingerprint density at radius 1 is 1.21 bits per heavy atom. The van der Waals surface area contributed by atoms with Crippen LogP contribution in [0.5, 0.6) is 0 Å². The van der Waals surface area contributed by atoms with Crippen LogP contribution in [0.25, 0.3) is 0 Å². The van der Waals surface area contributed by atoms with Crippen LogP contribution in [0.15, 0.2) is 24.3 Å². The van der Waals surface area contributed by atoms with Crippen LogP contribution in [0.2, 0.25) is 0 Å². The lowest BCUT2D eigenvalue weighted by Crippen LogP contribution is -2.64. The van der Waals surface area contributed by atoms with Gasteiger partial charge in [-0.2, -0.15) is 0 Å². The average Bonchev–Trinajstić information content (AvgIpc) is 3.48. The third kappa shape index (κ3) is 2.88. The summed E-state index contributed by atoms with van der Waals surface area (Å²) in [6, 6.07) is 4.78. The van der Waals surface area contributed by atoms with E-state index in [0.717, 1.165) is 6.42 Å². The van der Waals surface area contributed by atoms with E-state index < -0.39 is 41.0 Å². The quantitative estimate of drug-likeness (QED) is 0.655. The molecule has 0 saturated carbocycles. The van der Waals surface area contributed by atoms with Crippen molar-refractivity contribution in [1.82, 2.24) is 9.80 Å². The van der Waals surface area contributed by atoms with Crippen molar-refractivity contribution >= 4 is 29.4 Å². The van der Waals surface area contributed by atoms with E-state index in [9.17, 15) is 19.2 Å². The molecule has 4 aliphatic heterocycles. The van der Waals surface area contributed by atoms with Crippen LogP contribution in [0.3, 0.4) is 0 Å². The molecule has 0 radical (unpaired) electrons. The van der Waals surface area contributed by atoms with Crippen molar-refractivity contribution in [3.8, 4) is 0 Å². The van der Waals surface area contributed by atoms with Gasteiger partial charge in [0.1, 0.15) is 23.4 Å². The van der Waals surface area contributed by atoms with E-state index in [1.165, 1.54) is 0 Å². The van der Waals surface area contributed by atoms with E-state index in [-0.39, 0.29) is 30.7 Å². The van der Waals surface area contributed by atoms with Crippen LogP contribution >= 0.6 is 0 Å². The Morgan fingerprint density at radius 3 is 2.65 bits per heavy atom. The largest absolute Gasteiger partial charge is 0.466 e. The molecule has 9 nitrogen and oxygen atoms in total. The lowest BCUT2D eigenvalue weighted by Gasteiger charge is -2.43. The summed E-state index contributed by atoms with van der Waals surface area (Å²) in [4.78, 5) is 58.4. The second-order valence-electron chi connectivity index (χ2n) is 10.2. The maximum atomic E-state index is 13.9. The number of rotatable bonds is 5. The second kappa shape index (κ2) is 7.80. The van der Waals surface area contributed by atoms with Gasteiger partial charge in [0.15, 0.2) is 0 Å². The monoisotopic (exact) mass is 469 g/mol. The number of carbonyl (C=O) groups is 4. The summed E-state index contributed by atoms with van der Waals surface area (Å²) in [6.07, 6.45) is 1.58. The van der Waals surface area contributed by atoms with Gasteiger partial charge in [0.2, 0.25) is 17.7 Å². The molecule has 5 atom stereocenters. The van der Waals surface area contributed by atoms with Crippen LogP contribution in [0.4, 0.5) is 5.69 Å². The number of fused-ring (bicyclic) bond motifs is 4. The van der Waals surface area contributed by atoms with E-state index in [1.54, 1.807) is 48.1 Å². The average molecular weight is 470 g/mol. The number of hydrogen-bond donors (Lipinski definition) is 1. The van der Waals surface area contributed by atoms with Crippen molar-refractivity contribution in [2.24, 2.45) is 5.92 Å². The first-order valence-corrected chi connectivity index (χ1v) is 11.9. The van der Waals surface area contributed by atoms with Gasteiger partial charge in [-0.15, -0.1) is 0 Å². The summed E-state index contributed by atoms with van der Waals surface area (Å²) in [6.45, 7) is 6.02. The van der Waals surface area contributed by atoms with Crippen molar-refractivity contribution in [2.45, 2.75) is 69.2 Å². The molecule has 3 saturated heterocycles. The van der Waals surface area contributed by atoms with Gasteiger partial charge in [0.25, 0.3) is 0 Å². The van der Waals surface area contributed by atoms with Gasteiger partial charge in [-0.3, -0.25) is 19.2 Å². The molecule has 5 rings (SSSR count). The number of amides is 3. The highest BCUT2D eigenvalue weighted by atomic mass is 16.5. The zero-order chi connectivity index (χ0) is 24.4. The highest BCUT2D eigenvalue weighted by Crippen LogP contribution is 2.57. The highest BCUT2D eigenvalue weighted by molar-refractivity contribution is 6.13. The highest BCUT2D eigenvalue weighted by Gasteiger charge is 2.74. The minimum absolute atomic E-state index is 0.101. The SMILES string of the molecule is CCOC(=O)C1C2C(=O)N3CCCC3C(=O)N2C(CC(C)(C)OC)C12C(=O)Nc1ccccc12. The first kappa shape index (κ1) is 22.8. The maximum Gasteiger partial charge on any atom is 0.313 e. The maximum absolute atomic E-state index is 13.9. The van der Waals surface area contributed by atoms with Gasteiger partial charge >= 0.3 is 5.97 Å². The Kier molecular flexibility index (Phi) is 5.24. The molecule has 4 aliphatic rings. The Balaban J connectivity index is 1.78. The molecule has 1 spiro atoms. The molecule has 182 valence electrons. The standard InChI is InChI=1S/C25H31N3O6/c1-5-34-22(31)18-19-21(30)27-12-8-11-16(27)20(29)28(19)17(13-24(2,3)33-4)25(18)14-9-6-7-10-15(14)26-23(25)32/h6-7,9-10,16-19H,5,8,11-13H2,1-4H3,(H,26,32). The second-order valence-corrected chi connectivity index (χ2v) is 10.2. The normalized spacial score (nSPS) is 32.1. The van der Waals surface area contributed by atoms with E-state index in [4.69, 9.17) is 9.47 Å². The lowest BCUT2D eigenvalue weighted by molar-refractivity contribution is -0.164. The van der Waals surface area contributed by atoms with E-state index in [1.807, 2.05) is 13.8 Å². The van der Waals surface area contributed by atoms with E-state index in [2.05, 4.69) is 5.32 Å². The van der Waals surface area contributed by atoms with Gasteiger partial charge in [0, 0.05) is 19.3 Å². The number of nitrogens with one attached hydrogen (secondary N) is 1. The molecule has 5 unspecified atom stereocenters. The summed E-state index contributed by atoms with van der Waals surface area (Å²) in [5, 5.41) is 2.93. The molecule has 9 heteroatoms. The molecular formula is C25H31N3O6. The van der Waals surface area contributed by atoms with Gasteiger partial charge in [-0.25, -0.2) is 0 Å². The number of anilines is 1. The molecule has 4 heterocycles. The first-order valence-electron chi connectivity index (χ1n) is 11.9. The zero-order valence-electron chi connectivity index (χ0n) is 20.0. The molecule has 3 fully saturated rings. The van der Waals surface area contributed by atoms with Crippen molar-refractivity contribution < 1.29 is 28.7 Å². The van der Waals surface area contributed by atoms with Crippen LogP contribution in [0.1, 0.15) is 45.6 Å². The van der Waals surface area contributed by atoms with Crippen LogP contribution < -0.4 is 5.32 Å². The Morgan fingerprint density at radius 2 is 1.94 bits per heavy atom. The molecule has 3 amide bonds. The zero-order valence-corrected chi connectivity index (χ0v) is 20.0. The topological polar surface area (TPSA) is 105 Å². The van der Waals surface area contributed by atoms with Gasteiger partial charge in [-0.1, -0.05) is 18.2 Å². The minimum Gasteiger partial charge on any atom is -0.466 e. The first-order chi connectivity index (χ1) is 16.2. The Labute approximate surface area is 198 Å². The summed E-state index contributed by atoms with van der Waals surface area (Å²) in [5.74, 6) is -2.68. The molecule has 0 bridgehead atoms. The number of ether oxygens (including phenoxy) is 2. The summed E-state index contributed by atoms with van der Waals surface area (Å²) < 4.78 is 11.2. The molecule has 1 N–H and O–H groups in total. The number of carbonyl (C=O) groups excluding carboxylic acids is 4. The smallest absolute Gasteiger partial charge is 0.313 e. The fraction of sp³-hybridized carbons (Fsp3) is 0.600. The summed E-state index contributed by atoms with van der Waals surface area (Å²) in [7, 11) is 1.58. The predicted molar refractivity (Wildman–Crippen MR) is 122 cm³/mol. The van der Waals surface area contributed by atoms with Crippen LogP contribution in [0, 0.1) is 5.92 Å². The van der Waals surface area contributed by atoms with Crippen LogP contribution in [-0.2, 0) is 34.1 Å². The third-order valence-corrected chi connectivity index (χ3v) is 8.07. The van der Waals surface area contributed by atoms with Gasteiger partial charge in [0.05, 0.1) is 18.2 Å².